The highest BCUT2D eigenvalue weighted by Gasteiger charge is 2.25. The lowest BCUT2D eigenvalue weighted by Gasteiger charge is -2.29. The first-order valence-electron chi connectivity index (χ1n) is 10.4. The Hall–Kier alpha value is -3.26. The number of rotatable bonds is 8. The van der Waals surface area contributed by atoms with Gasteiger partial charge in [-0.25, -0.2) is 0 Å². The van der Waals surface area contributed by atoms with Gasteiger partial charge in [0.1, 0.15) is 11.8 Å². The highest BCUT2D eigenvalue weighted by atomic mass is 35.5. The van der Waals surface area contributed by atoms with Gasteiger partial charge >= 0.3 is 0 Å². The fourth-order valence-corrected chi connectivity index (χ4v) is 3.62. The molecule has 1 saturated heterocycles. The Kier molecular flexibility index (Phi) is 7.94. The van der Waals surface area contributed by atoms with Crippen molar-refractivity contribution in [3.05, 3.63) is 53.6 Å². The summed E-state index contributed by atoms with van der Waals surface area (Å²) in [5.74, 6) is -0.364. The molecule has 0 saturated carbocycles. The number of piperazine rings is 1. The average Bonchev–Trinajstić information content (AvgIpc) is 2.76. The molecule has 2 aromatic carbocycles. The van der Waals surface area contributed by atoms with Crippen molar-refractivity contribution in [3.63, 3.8) is 0 Å². The standard InChI is InChI=1S/C23H27ClN4O4/c1-15(2)22(27-21(30)14-32-17-6-4-3-5-7-17)23(31)26-16-8-9-19(18(24)12-16)28-11-10-25-20(29)13-28/h3-9,12,15,22H,10-11,13-14H2,1-2H3,(H,25,29)(H,26,31)(H,27,30). The van der Waals surface area contributed by atoms with Crippen LogP contribution in [-0.4, -0.2) is 50.0 Å². The number of hydrogen-bond donors (Lipinski definition) is 3. The van der Waals surface area contributed by atoms with E-state index in [2.05, 4.69) is 16.0 Å². The van der Waals surface area contributed by atoms with Gasteiger partial charge in [0.15, 0.2) is 6.61 Å². The molecule has 0 aromatic heterocycles. The van der Waals surface area contributed by atoms with Crippen LogP contribution in [0.2, 0.25) is 5.02 Å². The number of hydrogen-bond acceptors (Lipinski definition) is 5. The van der Waals surface area contributed by atoms with Gasteiger partial charge in [-0.15, -0.1) is 0 Å². The van der Waals surface area contributed by atoms with E-state index in [0.29, 0.717) is 29.5 Å². The van der Waals surface area contributed by atoms with Crippen LogP contribution < -0.4 is 25.6 Å². The minimum atomic E-state index is -0.744. The zero-order chi connectivity index (χ0) is 23.1. The number of ether oxygens (including phenoxy) is 1. The molecule has 2 aromatic rings. The first kappa shape index (κ1) is 23.4. The predicted molar refractivity (Wildman–Crippen MR) is 124 cm³/mol. The molecule has 0 radical (unpaired) electrons. The SMILES string of the molecule is CC(C)C(NC(=O)COc1ccccc1)C(=O)Nc1ccc(N2CCNC(=O)C2)c(Cl)c1. The second-order valence-corrected chi connectivity index (χ2v) is 8.23. The van der Waals surface area contributed by atoms with Crippen LogP contribution in [0.25, 0.3) is 0 Å². The molecule has 1 aliphatic rings. The molecule has 32 heavy (non-hydrogen) atoms. The molecule has 1 fully saturated rings. The normalized spacial score (nSPS) is 14.5. The van der Waals surface area contributed by atoms with Crippen LogP contribution in [0.5, 0.6) is 5.75 Å². The van der Waals surface area contributed by atoms with Gasteiger partial charge in [0, 0.05) is 18.8 Å². The summed E-state index contributed by atoms with van der Waals surface area (Å²) >= 11 is 6.41. The second kappa shape index (κ2) is 10.9. The van der Waals surface area contributed by atoms with Crippen molar-refractivity contribution in [2.45, 2.75) is 19.9 Å². The number of anilines is 2. The quantitative estimate of drug-likeness (QED) is 0.564. The maximum absolute atomic E-state index is 12.8. The van der Waals surface area contributed by atoms with E-state index in [1.807, 2.05) is 36.9 Å². The lowest BCUT2D eigenvalue weighted by atomic mass is 10.0. The van der Waals surface area contributed by atoms with Crippen molar-refractivity contribution >= 4 is 40.7 Å². The Labute approximate surface area is 192 Å². The molecule has 0 bridgehead atoms. The molecule has 3 amide bonds. The van der Waals surface area contributed by atoms with E-state index < -0.39 is 6.04 Å². The third kappa shape index (κ3) is 6.37. The van der Waals surface area contributed by atoms with E-state index in [0.717, 1.165) is 5.69 Å². The summed E-state index contributed by atoms with van der Waals surface area (Å²) < 4.78 is 5.45. The number of carbonyl (C=O) groups excluding carboxylic acids is 3. The number of benzene rings is 2. The van der Waals surface area contributed by atoms with Gasteiger partial charge in [0.2, 0.25) is 11.8 Å². The molecule has 0 aliphatic carbocycles. The van der Waals surface area contributed by atoms with Gasteiger partial charge < -0.3 is 25.6 Å². The molecule has 0 spiro atoms. The molecule has 1 atom stereocenters. The Morgan fingerprint density at radius 2 is 1.94 bits per heavy atom. The minimum Gasteiger partial charge on any atom is -0.484 e. The van der Waals surface area contributed by atoms with Gasteiger partial charge in [0.25, 0.3) is 5.91 Å². The van der Waals surface area contributed by atoms with Crippen molar-refractivity contribution in [1.82, 2.24) is 10.6 Å². The highest BCUT2D eigenvalue weighted by Crippen LogP contribution is 2.29. The molecular formula is C23H27ClN4O4. The third-order valence-electron chi connectivity index (χ3n) is 4.97. The van der Waals surface area contributed by atoms with Crippen LogP contribution in [-0.2, 0) is 14.4 Å². The summed E-state index contributed by atoms with van der Waals surface area (Å²) in [5, 5.41) is 8.73. The van der Waals surface area contributed by atoms with Crippen LogP contribution in [0.4, 0.5) is 11.4 Å². The number of para-hydroxylation sites is 1. The van der Waals surface area contributed by atoms with Crippen LogP contribution >= 0.6 is 11.6 Å². The summed E-state index contributed by atoms with van der Waals surface area (Å²) in [6.07, 6.45) is 0. The van der Waals surface area contributed by atoms with Gasteiger partial charge in [-0.05, 0) is 36.2 Å². The monoisotopic (exact) mass is 458 g/mol. The molecule has 3 rings (SSSR count). The van der Waals surface area contributed by atoms with E-state index >= 15 is 0 Å². The minimum absolute atomic E-state index is 0.0588. The van der Waals surface area contributed by atoms with Crippen molar-refractivity contribution in [3.8, 4) is 5.75 Å². The Morgan fingerprint density at radius 3 is 2.59 bits per heavy atom. The lowest BCUT2D eigenvalue weighted by molar-refractivity contribution is -0.128. The molecule has 9 heteroatoms. The van der Waals surface area contributed by atoms with Crippen LogP contribution in [0.1, 0.15) is 13.8 Å². The van der Waals surface area contributed by atoms with Crippen molar-refractivity contribution in [2.24, 2.45) is 5.92 Å². The van der Waals surface area contributed by atoms with Gasteiger partial charge in [0.05, 0.1) is 17.3 Å². The van der Waals surface area contributed by atoms with Crippen LogP contribution in [0.15, 0.2) is 48.5 Å². The summed E-state index contributed by atoms with van der Waals surface area (Å²) in [5.41, 5.74) is 1.23. The topological polar surface area (TPSA) is 99.8 Å². The summed E-state index contributed by atoms with van der Waals surface area (Å²) in [6.45, 7) is 4.95. The average molecular weight is 459 g/mol. The largest absolute Gasteiger partial charge is 0.484 e. The molecule has 1 aliphatic heterocycles. The van der Waals surface area contributed by atoms with Crippen LogP contribution in [0, 0.1) is 5.92 Å². The first-order valence-corrected chi connectivity index (χ1v) is 10.8. The summed E-state index contributed by atoms with van der Waals surface area (Å²) in [6, 6.07) is 13.4. The van der Waals surface area contributed by atoms with Gasteiger partial charge in [-0.2, -0.15) is 0 Å². The zero-order valence-electron chi connectivity index (χ0n) is 18.1. The Morgan fingerprint density at radius 1 is 1.19 bits per heavy atom. The molecule has 3 N–H and O–H groups in total. The fourth-order valence-electron chi connectivity index (χ4n) is 3.32. The highest BCUT2D eigenvalue weighted by molar-refractivity contribution is 6.33. The summed E-state index contributed by atoms with van der Waals surface area (Å²) in [7, 11) is 0. The van der Waals surface area contributed by atoms with E-state index in [9.17, 15) is 14.4 Å². The van der Waals surface area contributed by atoms with Crippen molar-refractivity contribution in [2.75, 3.05) is 36.5 Å². The molecular weight excluding hydrogens is 432 g/mol. The Bertz CT molecular complexity index is 968. The van der Waals surface area contributed by atoms with E-state index in [1.165, 1.54) is 0 Å². The van der Waals surface area contributed by atoms with Crippen LogP contribution in [0.3, 0.4) is 0 Å². The van der Waals surface area contributed by atoms with Crippen molar-refractivity contribution in [1.29, 1.82) is 0 Å². The third-order valence-corrected chi connectivity index (χ3v) is 5.28. The number of nitrogens with zero attached hydrogens (tertiary/aromatic N) is 1. The zero-order valence-corrected chi connectivity index (χ0v) is 18.8. The number of nitrogens with one attached hydrogen (secondary N) is 3. The van der Waals surface area contributed by atoms with Crippen molar-refractivity contribution < 1.29 is 19.1 Å². The maximum atomic E-state index is 12.8. The number of carbonyl (C=O) groups is 3. The molecule has 170 valence electrons. The number of halogens is 1. The van der Waals surface area contributed by atoms with Gasteiger partial charge in [-0.3, -0.25) is 14.4 Å². The predicted octanol–water partition coefficient (Wildman–Crippen LogP) is 2.43. The van der Waals surface area contributed by atoms with E-state index in [-0.39, 0.29) is 36.8 Å². The lowest BCUT2D eigenvalue weighted by Crippen LogP contribution is -2.48. The number of amides is 3. The maximum Gasteiger partial charge on any atom is 0.258 e. The van der Waals surface area contributed by atoms with Gasteiger partial charge in [-0.1, -0.05) is 43.6 Å². The molecule has 1 heterocycles. The smallest absolute Gasteiger partial charge is 0.258 e. The summed E-state index contributed by atoms with van der Waals surface area (Å²) in [4.78, 5) is 38.7. The first-order chi connectivity index (χ1) is 15.3. The molecule has 8 nitrogen and oxygen atoms in total. The van der Waals surface area contributed by atoms with E-state index in [4.69, 9.17) is 16.3 Å². The van der Waals surface area contributed by atoms with E-state index in [1.54, 1.807) is 30.3 Å². The molecule has 1 unspecified atom stereocenters. The second-order valence-electron chi connectivity index (χ2n) is 7.82. The Balaban J connectivity index is 1.59. The fraction of sp³-hybridized carbons (Fsp3) is 0.348.